The average Bonchev–Trinajstić information content (AvgIpc) is 2.48. The molecule has 0 aromatic heterocycles. The summed E-state index contributed by atoms with van der Waals surface area (Å²) in [5, 5.41) is 3.01. The van der Waals surface area contributed by atoms with Gasteiger partial charge in [0.05, 0.1) is 5.02 Å². The molecule has 0 spiro atoms. The van der Waals surface area contributed by atoms with Gasteiger partial charge in [-0.05, 0) is 31.9 Å². The number of sulfonamides is 1. The molecule has 0 saturated carbocycles. The number of piperidine rings is 1. The SMILES string of the molecule is CCNC(=O)C1CCN(S(=O)(=O)c2ccccc2Cl)CC1. The van der Waals surface area contributed by atoms with Crippen molar-refractivity contribution in [2.75, 3.05) is 19.6 Å². The molecule has 5 nitrogen and oxygen atoms in total. The smallest absolute Gasteiger partial charge is 0.244 e. The maximum Gasteiger partial charge on any atom is 0.244 e. The normalized spacial score (nSPS) is 17.6. The Morgan fingerprint density at radius 1 is 1.33 bits per heavy atom. The van der Waals surface area contributed by atoms with Gasteiger partial charge in [0.2, 0.25) is 15.9 Å². The molecule has 116 valence electrons. The van der Waals surface area contributed by atoms with E-state index in [1.54, 1.807) is 18.2 Å². The van der Waals surface area contributed by atoms with Gasteiger partial charge in [-0.1, -0.05) is 23.7 Å². The number of carbonyl (C=O) groups is 1. The lowest BCUT2D eigenvalue weighted by Gasteiger charge is -2.30. The molecule has 2 rings (SSSR count). The molecular formula is C14H19ClN2O3S. The quantitative estimate of drug-likeness (QED) is 0.916. The molecule has 0 unspecified atom stereocenters. The zero-order valence-corrected chi connectivity index (χ0v) is 13.5. The van der Waals surface area contributed by atoms with Crippen LogP contribution in [0, 0.1) is 5.92 Å². The van der Waals surface area contributed by atoms with Gasteiger partial charge in [0.15, 0.2) is 0 Å². The Kier molecular flexibility index (Phi) is 5.24. The second-order valence-electron chi connectivity index (χ2n) is 5.00. The van der Waals surface area contributed by atoms with Gasteiger partial charge in [0, 0.05) is 25.6 Å². The van der Waals surface area contributed by atoms with Crippen molar-refractivity contribution in [1.82, 2.24) is 9.62 Å². The Hall–Kier alpha value is -1.11. The Morgan fingerprint density at radius 3 is 2.52 bits per heavy atom. The van der Waals surface area contributed by atoms with Gasteiger partial charge in [-0.15, -0.1) is 0 Å². The molecular weight excluding hydrogens is 312 g/mol. The van der Waals surface area contributed by atoms with E-state index in [0.717, 1.165) is 0 Å². The number of carbonyl (C=O) groups excluding carboxylic acids is 1. The van der Waals surface area contributed by atoms with E-state index in [-0.39, 0.29) is 21.7 Å². The minimum Gasteiger partial charge on any atom is -0.356 e. The molecule has 1 N–H and O–H groups in total. The highest BCUT2D eigenvalue weighted by atomic mass is 35.5. The van der Waals surface area contributed by atoms with E-state index in [2.05, 4.69) is 5.32 Å². The first-order chi connectivity index (χ1) is 9.96. The molecule has 21 heavy (non-hydrogen) atoms. The zero-order valence-electron chi connectivity index (χ0n) is 11.9. The first-order valence-electron chi connectivity index (χ1n) is 6.99. The highest BCUT2D eigenvalue weighted by Gasteiger charge is 2.32. The summed E-state index contributed by atoms with van der Waals surface area (Å²) in [6, 6.07) is 6.42. The Labute approximate surface area is 130 Å². The van der Waals surface area contributed by atoms with Crippen molar-refractivity contribution >= 4 is 27.5 Å². The molecule has 1 aliphatic heterocycles. The monoisotopic (exact) mass is 330 g/mol. The molecule has 1 aromatic carbocycles. The molecule has 0 radical (unpaired) electrons. The van der Waals surface area contributed by atoms with Crippen LogP contribution in [-0.4, -0.2) is 38.3 Å². The molecule has 1 saturated heterocycles. The first kappa shape index (κ1) is 16.3. The average molecular weight is 331 g/mol. The van der Waals surface area contributed by atoms with E-state index < -0.39 is 10.0 Å². The topological polar surface area (TPSA) is 66.5 Å². The third-order valence-electron chi connectivity index (χ3n) is 3.63. The number of amides is 1. The number of rotatable bonds is 4. The van der Waals surface area contributed by atoms with Gasteiger partial charge in [-0.3, -0.25) is 4.79 Å². The van der Waals surface area contributed by atoms with Crippen molar-refractivity contribution in [1.29, 1.82) is 0 Å². The van der Waals surface area contributed by atoms with E-state index in [1.807, 2.05) is 6.92 Å². The maximum absolute atomic E-state index is 12.6. The summed E-state index contributed by atoms with van der Waals surface area (Å²) in [7, 11) is -3.58. The Bertz CT molecular complexity index is 610. The summed E-state index contributed by atoms with van der Waals surface area (Å²) >= 11 is 5.98. The lowest BCUT2D eigenvalue weighted by atomic mass is 9.97. The molecule has 1 fully saturated rings. The van der Waals surface area contributed by atoms with Gasteiger partial charge < -0.3 is 5.32 Å². The van der Waals surface area contributed by atoms with E-state index >= 15 is 0 Å². The van der Waals surface area contributed by atoms with Gasteiger partial charge in [0.1, 0.15) is 4.90 Å². The van der Waals surface area contributed by atoms with Gasteiger partial charge in [0.25, 0.3) is 0 Å². The summed E-state index contributed by atoms with van der Waals surface area (Å²) in [6.07, 6.45) is 1.07. The fourth-order valence-electron chi connectivity index (χ4n) is 2.47. The van der Waals surface area contributed by atoms with E-state index in [4.69, 9.17) is 11.6 Å². The standard InChI is InChI=1S/C14H19ClN2O3S/c1-2-16-14(18)11-7-9-17(10-8-11)21(19,20)13-6-4-3-5-12(13)15/h3-6,11H,2,7-10H2,1H3,(H,16,18). The fourth-order valence-corrected chi connectivity index (χ4v) is 4.43. The predicted molar refractivity (Wildman–Crippen MR) is 81.6 cm³/mol. The zero-order chi connectivity index (χ0) is 15.5. The molecule has 0 aliphatic carbocycles. The van der Waals surface area contributed by atoms with Crippen molar-refractivity contribution < 1.29 is 13.2 Å². The van der Waals surface area contributed by atoms with Gasteiger partial charge >= 0.3 is 0 Å². The maximum atomic E-state index is 12.6. The molecule has 0 atom stereocenters. The minimum absolute atomic E-state index is 0.00675. The minimum atomic E-state index is -3.58. The van der Waals surface area contributed by atoms with Crippen molar-refractivity contribution in [2.45, 2.75) is 24.7 Å². The van der Waals surface area contributed by atoms with Crippen LogP contribution in [0.1, 0.15) is 19.8 Å². The van der Waals surface area contributed by atoms with Crippen LogP contribution < -0.4 is 5.32 Å². The van der Waals surface area contributed by atoms with Gasteiger partial charge in [-0.2, -0.15) is 4.31 Å². The summed E-state index contributed by atoms with van der Waals surface area (Å²) in [5.74, 6) is -0.102. The van der Waals surface area contributed by atoms with E-state index in [1.165, 1.54) is 10.4 Å². The van der Waals surface area contributed by atoms with Crippen LogP contribution in [0.3, 0.4) is 0 Å². The first-order valence-corrected chi connectivity index (χ1v) is 8.81. The summed E-state index contributed by atoms with van der Waals surface area (Å²) in [6.45, 7) is 3.15. The number of hydrogen-bond acceptors (Lipinski definition) is 3. The largest absolute Gasteiger partial charge is 0.356 e. The fraction of sp³-hybridized carbons (Fsp3) is 0.500. The van der Waals surface area contributed by atoms with Crippen LogP contribution in [0.4, 0.5) is 0 Å². The molecule has 1 heterocycles. The molecule has 0 bridgehead atoms. The second kappa shape index (κ2) is 6.77. The molecule has 1 aromatic rings. The number of hydrogen-bond donors (Lipinski definition) is 1. The van der Waals surface area contributed by atoms with Gasteiger partial charge in [-0.25, -0.2) is 8.42 Å². The summed E-state index contributed by atoms with van der Waals surface area (Å²) < 4.78 is 26.5. The Morgan fingerprint density at radius 2 is 1.95 bits per heavy atom. The number of benzene rings is 1. The van der Waals surface area contributed by atoms with Crippen LogP contribution in [0.15, 0.2) is 29.2 Å². The molecule has 1 amide bonds. The third-order valence-corrected chi connectivity index (χ3v) is 6.03. The number of halogens is 1. The van der Waals surface area contributed by atoms with Crippen LogP contribution in [0.2, 0.25) is 5.02 Å². The number of nitrogens with one attached hydrogen (secondary N) is 1. The highest BCUT2D eigenvalue weighted by molar-refractivity contribution is 7.89. The number of nitrogens with zero attached hydrogens (tertiary/aromatic N) is 1. The van der Waals surface area contributed by atoms with Crippen molar-refractivity contribution in [2.24, 2.45) is 5.92 Å². The van der Waals surface area contributed by atoms with E-state index in [9.17, 15) is 13.2 Å². The van der Waals surface area contributed by atoms with Crippen molar-refractivity contribution in [3.05, 3.63) is 29.3 Å². The summed E-state index contributed by atoms with van der Waals surface area (Å²) in [5.41, 5.74) is 0. The third kappa shape index (κ3) is 3.56. The molecule has 1 aliphatic rings. The summed E-state index contributed by atoms with van der Waals surface area (Å²) in [4.78, 5) is 11.9. The highest BCUT2D eigenvalue weighted by Crippen LogP contribution is 2.28. The van der Waals surface area contributed by atoms with Crippen LogP contribution in [0.5, 0.6) is 0 Å². The van der Waals surface area contributed by atoms with Crippen molar-refractivity contribution in [3.8, 4) is 0 Å². The predicted octanol–water partition coefficient (Wildman–Crippen LogP) is 1.88. The van der Waals surface area contributed by atoms with Crippen molar-refractivity contribution in [3.63, 3.8) is 0 Å². The van der Waals surface area contributed by atoms with E-state index in [0.29, 0.717) is 32.5 Å². The lowest BCUT2D eigenvalue weighted by Crippen LogP contribution is -2.43. The van der Waals surface area contributed by atoms with Crippen LogP contribution in [-0.2, 0) is 14.8 Å². The lowest BCUT2D eigenvalue weighted by molar-refractivity contribution is -0.126. The molecule has 7 heteroatoms. The van der Waals surface area contributed by atoms with Crippen LogP contribution in [0.25, 0.3) is 0 Å². The second-order valence-corrected chi connectivity index (χ2v) is 7.32. The Balaban J connectivity index is 2.08. The van der Waals surface area contributed by atoms with Crippen LogP contribution >= 0.6 is 11.6 Å².